The lowest BCUT2D eigenvalue weighted by Crippen LogP contribution is -2.43. The van der Waals surface area contributed by atoms with Crippen LogP contribution in [0.2, 0.25) is 0 Å². The number of rotatable bonds is 8. The van der Waals surface area contributed by atoms with Gasteiger partial charge in [0.05, 0.1) is 23.1 Å². The number of fused-ring (bicyclic) bond motifs is 1. The van der Waals surface area contributed by atoms with Crippen LogP contribution in [0.1, 0.15) is 37.3 Å². The van der Waals surface area contributed by atoms with Gasteiger partial charge in [0.2, 0.25) is 15.9 Å². The number of carbonyl (C=O) groups is 1. The largest absolute Gasteiger partial charge is 0.352 e. The SMILES string of the molecule is CCCS(=O)(=O)N1CCC(C(=O)NCc2ccc(Cn3cnc4ccccc43)cc2)CC1. The number of benzene rings is 2. The summed E-state index contributed by atoms with van der Waals surface area (Å²) in [5.41, 5.74) is 4.31. The van der Waals surface area contributed by atoms with Gasteiger partial charge in [-0.05, 0) is 42.5 Å². The quantitative estimate of drug-likeness (QED) is 0.567. The summed E-state index contributed by atoms with van der Waals surface area (Å²) in [5, 5.41) is 3.01. The molecule has 7 nitrogen and oxygen atoms in total. The van der Waals surface area contributed by atoms with Crippen molar-refractivity contribution in [3.8, 4) is 0 Å². The third kappa shape index (κ3) is 5.19. The summed E-state index contributed by atoms with van der Waals surface area (Å²) in [6, 6.07) is 16.3. The molecule has 1 amide bonds. The first-order chi connectivity index (χ1) is 15.5. The van der Waals surface area contributed by atoms with Gasteiger partial charge >= 0.3 is 0 Å². The summed E-state index contributed by atoms with van der Waals surface area (Å²) in [4.78, 5) is 17.0. The Hall–Kier alpha value is -2.71. The first-order valence-corrected chi connectivity index (χ1v) is 12.8. The number of nitrogens with zero attached hydrogens (tertiary/aromatic N) is 3. The molecule has 1 saturated heterocycles. The predicted molar refractivity (Wildman–Crippen MR) is 125 cm³/mol. The molecule has 1 fully saturated rings. The Balaban J connectivity index is 1.27. The number of piperidine rings is 1. The first-order valence-electron chi connectivity index (χ1n) is 11.2. The van der Waals surface area contributed by atoms with Crippen molar-refractivity contribution >= 4 is 27.0 Å². The maximum absolute atomic E-state index is 12.6. The van der Waals surface area contributed by atoms with Crippen LogP contribution < -0.4 is 5.32 Å². The Morgan fingerprint density at radius 2 is 1.75 bits per heavy atom. The Morgan fingerprint density at radius 3 is 2.47 bits per heavy atom. The Labute approximate surface area is 189 Å². The molecule has 0 radical (unpaired) electrons. The minimum Gasteiger partial charge on any atom is -0.352 e. The Kier molecular flexibility index (Phi) is 6.91. The number of amides is 1. The number of hydrogen-bond acceptors (Lipinski definition) is 4. The van der Waals surface area contributed by atoms with Gasteiger partial charge in [-0.15, -0.1) is 0 Å². The van der Waals surface area contributed by atoms with Crippen LogP contribution >= 0.6 is 0 Å². The van der Waals surface area contributed by atoms with Crippen molar-refractivity contribution in [2.45, 2.75) is 39.3 Å². The summed E-state index contributed by atoms with van der Waals surface area (Å²) >= 11 is 0. The first kappa shape index (κ1) is 22.5. The number of para-hydroxylation sites is 2. The van der Waals surface area contributed by atoms with Crippen molar-refractivity contribution in [1.29, 1.82) is 0 Å². The minimum absolute atomic E-state index is 0.00602. The fourth-order valence-electron chi connectivity index (χ4n) is 4.21. The lowest BCUT2D eigenvalue weighted by atomic mass is 9.97. The highest BCUT2D eigenvalue weighted by Gasteiger charge is 2.30. The predicted octanol–water partition coefficient (Wildman–Crippen LogP) is 3.15. The van der Waals surface area contributed by atoms with E-state index >= 15 is 0 Å². The second-order valence-corrected chi connectivity index (χ2v) is 10.5. The van der Waals surface area contributed by atoms with Crippen LogP contribution in [-0.2, 0) is 27.9 Å². The summed E-state index contributed by atoms with van der Waals surface area (Å²) in [6.07, 6.45) is 3.62. The van der Waals surface area contributed by atoms with E-state index in [1.165, 1.54) is 9.87 Å². The number of imidazole rings is 1. The van der Waals surface area contributed by atoms with E-state index in [4.69, 9.17) is 0 Å². The number of aromatic nitrogens is 2. The van der Waals surface area contributed by atoms with Crippen LogP contribution in [-0.4, -0.2) is 47.0 Å². The zero-order chi connectivity index (χ0) is 22.6. The van der Waals surface area contributed by atoms with Gasteiger partial charge in [-0.2, -0.15) is 0 Å². The second-order valence-electron chi connectivity index (χ2n) is 8.38. The van der Waals surface area contributed by atoms with Crippen LogP contribution in [0.4, 0.5) is 0 Å². The van der Waals surface area contributed by atoms with Crippen LogP contribution in [0.5, 0.6) is 0 Å². The molecule has 0 unspecified atom stereocenters. The Morgan fingerprint density at radius 1 is 1.06 bits per heavy atom. The third-order valence-electron chi connectivity index (χ3n) is 6.05. The highest BCUT2D eigenvalue weighted by atomic mass is 32.2. The maximum atomic E-state index is 12.6. The van der Waals surface area contributed by atoms with Gasteiger partial charge in [0.1, 0.15) is 0 Å². The molecule has 2 aromatic carbocycles. The highest BCUT2D eigenvalue weighted by molar-refractivity contribution is 7.89. The minimum atomic E-state index is -3.18. The highest BCUT2D eigenvalue weighted by Crippen LogP contribution is 2.21. The van der Waals surface area contributed by atoms with Gasteiger partial charge in [0, 0.05) is 32.1 Å². The average molecular weight is 455 g/mol. The molecule has 4 rings (SSSR count). The zero-order valence-electron chi connectivity index (χ0n) is 18.4. The molecule has 170 valence electrons. The van der Waals surface area contributed by atoms with E-state index < -0.39 is 10.0 Å². The average Bonchev–Trinajstić information content (AvgIpc) is 3.21. The number of hydrogen-bond donors (Lipinski definition) is 1. The van der Waals surface area contributed by atoms with Gasteiger partial charge < -0.3 is 9.88 Å². The third-order valence-corrected chi connectivity index (χ3v) is 8.13. The molecule has 1 aromatic heterocycles. The Bertz CT molecular complexity index is 1160. The summed E-state index contributed by atoms with van der Waals surface area (Å²) in [5.74, 6) is 0.0556. The molecular formula is C24H30N4O3S. The van der Waals surface area contributed by atoms with Gasteiger partial charge in [-0.3, -0.25) is 4.79 Å². The van der Waals surface area contributed by atoms with Crippen molar-refractivity contribution in [3.63, 3.8) is 0 Å². The van der Waals surface area contributed by atoms with E-state index in [-0.39, 0.29) is 17.6 Å². The summed E-state index contributed by atoms with van der Waals surface area (Å²) < 4.78 is 28.0. The van der Waals surface area contributed by atoms with Crippen molar-refractivity contribution in [2.75, 3.05) is 18.8 Å². The molecule has 8 heteroatoms. The van der Waals surface area contributed by atoms with Crippen LogP contribution in [0.25, 0.3) is 11.0 Å². The molecule has 2 heterocycles. The molecule has 1 N–H and O–H groups in total. The number of carbonyl (C=O) groups excluding carboxylic acids is 1. The smallest absolute Gasteiger partial charge is 0.223 e. The van der Waals surface area contributed by atoms with Crippen LogP contribution in [0.15, 0.2) is 54.9 Å². The molecule has 0 atom stereocenters. The summed E-state index contributed by atoms with van der Waals surface area (Å²) in [6.45, 7) is 3.94. The van der Waals surface area contributed by atoms with Crippen molar-refractivity contribution in [1.82, 2.24) is 19.2 Å². The van der Waals surface area contributed by atoms with Gasteiger partial charge in [-0.25, -0.2) is 17.7 Å². The molecule has 0 saturated carbocycles. The topological polar surface area (TPSA) is 84.3 Å². The van der Waals surface area contributed by atoms with E-state index in [2.05, 4.69) is 33.1 Å². The molecule has 1 aliphatic heterocycles. The molecule has 0 aliphatic carbocycles. The van der Waals surface area contributed by atoms with Crippen molar-refractivity contribution in [3.05, 3.63) is 66.0 Å². The second kappa shape index (κ2) is 9.83. The van der Waals surface area contributed by atoms with Crippen molar-refractivity contribution < 1.29 is 13.2 Å². The van der Waals surface area contributed by atoms with Crippen LogP contribution in [0.3, 0.4) is 0 Å². The molecule has 1 aliphatic rings. The van der Waals surface area contributed by atoms with Crippen LogP contribution in [0, 0.1) is 5.92 Å². The molecule has 32 heavy (non-hydrogen) atoms. The number of nitrogens with one attached hydrogen (secondary N) is 1. The fraction of sp³-hybridized carbons (Fsp3) is 0.417. The number of sulfonamides is 1. The maximum Gasteiger partial charge on any atom is 0.223 e. The molecule has 3 aromatic rings. The molecular weight excluding hydrogens is 424 g/mol. The van der Waals surface area contributed by atoms with E-state index in [9.17, 15) is 13.2 Å². The van der Waals surface area contributed by atoms with Crippen molar-refractivity contribution in [2.24, 2.45) is 5.92 Å². The van der Waals surface area contributed by atoms with E-state index in [1.54, 1.807) is 0 Å². The normalized spacial score (nSPS) is 15.8. The lowest BCUT2D eigenvalue weighted by Gasteiger charge is -2.30. The summed E-state index contributed by atoms with van der Waals surface area (Å²) in [7, 11) is -3.18. The molecule has 0 bridgehead atoms. The molecule has 0 spiro atoms. The zero-order valence-corrected chi connectivity index (χ0v) is 19.2. The van der Waals surface area contributed by atoms with E-state index in [0.717, 1.165) is 23.1 Å². The standard InChI is InChI=1S/C24H30N4O3S/c1-2-15-32(30,31)28-13-11-21(12-14-28)24(29)25-16-19-7-9-20(10-8-19)17-27-18-26-22-5-3-4-6-23(22)27/h3-10,18,21H,2,11-17H2,1H3,(H,25,29). The van der Waals surface area contributed by atoms with Gasteiger partial charge in [-0.1, -0.05) is 43.3 Å². The monoisotopic (exact) mass is 454 g/mol. The van der Waals surface area contributed by atoms with Gasteiger partial charge in [0.25, 0.3) is 0 Å². The fourth-order valence-corrected chi connectivity index (χ4v) is 5.75. The lowest BCUT2D eigenvalue weighted by molar-refractivity contribution is -0.126. The van der Waals surface area contributed by atoms with E-state index in [0.29, 0.717) is 38.9 Å². The van der Waals surface area contributed by atoms with E-state index in [1.807, 2.05) is 43.6 Å². The van der Waals surface area contributed by atoms with Gasteiger partial charge in [0.15, 0.2) is 0 Å².